The third-order valence-electron chi connectivity index (χ3n) is 3.89. The summed E-state index contributed by atoms with van der Waals surface area (Å²) in [4.78, 5) is 4.20. The summed E-state index contributed by atoms with van der Waals surface area (Å²) in [6.45, 7) is 0. The molecular weight excluding hydrogens is 300 g/mol. The Labute approximate surface area is 132 Å². The molecule has 0 amide bonds. The first-order chi connectivity index (χ1) is 10.8. The van der Waals surface area contributed by atoms with Crippen molar-refractivity contribution in [2.75, 3.05) is 5.32 Å². The van der Waals surface area contributed by atoms with E-state index in [1.165, 1.54) is 0 Å². The van der Waals surface area contributed by atoms with Crippen LogP contribution in [0.25, 0.3) is 0 Å². The van der Waals surface area contributed by atoms with E-state index < -0.39 is 0 Å². The zero-order valence-corrected chi connectivity index (χ0v) is 12.4. The molecule has 3 aromatic rings. The van der Waals surface area contributed by atoms with E-state index >= 15 is 0 Å². The summed E-state index contributed by atoms with van der Waals surface area (Å²) >= 11 is 5.99. The zero-order chi connectivity index (χ0) is 14.9. The standard InChI is InChI=1S/C15H13ClN6/c16-12-5-3-10(4-6-12)14-8-13(11-2-1-7-17-9-11)18-15-19-20-21-22(14)15/h1-7,9,13-14H,8H2,(H,18,19,21)/t13-,14+/m0/s1. The molecule has 2 atom stereocenters. The van der Waals surface area contributed by atoms with Crippen LogP contribution < -0.4 is 5.32 Å². The highest BCUT2D eigenvalue weighted by Gasteiger charge is 2.30. The molecule has 3 heterocycles. The SMILES string of the molecule is Clc1ccc([C@H]2C[C@@H](c3cccnc3)Nc3nnnn32)cc1. The summed E-state index contributed by atoms with van der Waals surface area (Å²) in [7, 11) is 0. The predicted molar refractivity (Wildman–Crippen MR) is 82.6 cm³/mol. The van der Waals surface area contributed by atoms with Crippen LogP contribution >= 0.6 is 11.6 Å². The van der Waals surface area contributed by atoms with Crippen LogP contribution in [0.3, 0.4) is 0 Å². The van der Waals surface area contributed by atoms with Gasteiger partial charge in [-0.05, 0) is 46.2 Å². The van der Waals surface area contributed by atoms with Crippen molar-refractivity contribution in [2.24, 2.45) is 0 Å². The van der Waals surface area contributed by atoms with Gasteiger partial charge >= 0.3 is 0 Å². The fourth-order valence-electron chi connectivity index (χ4n) is 2.80. The lowest BCUT2D eigenvalue weighted by atomic mass is 9.94. The Morgan fingerprint density at radius 3 is 2.77 bits per heavy atom. The van der Waals surface area contributed by atoms with E-state index in [0.717, 1.165) is 22.6 Å². The Kier molecular flexibility index (Phi) is 3.23. The molecule has 110 valence electrons. The highest BCUT2D eigenvalue weighted by molar-refractivity contribution is 6.30. The van der Waals surface area contributed by atoms with Crippen molar-refractivity contribution in [3.8, 4) is 0 Å². The quantitative estimate of drug-likeness (QED) is 0.788. The number of tetrazole rings is 1. The number of halogens is 1. The topological polar surface area (TPSA) is 68.5 Å². The molecule has 2 aromatic heterocycles. The lowest BCUT2D eigenvalue weighted by Gasteiger charge is -2.30. The second kappa shape index (κ2) is 5.38. The van der Waals surface area contributed by atoms with Crippen molar-refractivity contribution >= 4 is 17.5 Å². The summed E-state index contributed by atoms with van der Waals surface area (Å²) in [5.74, 6) is 0.667. The summed E-state index contributed by atoms with van der Waals surface area (Å²) in [5, 5.41) is 16.0. The summed E-state index contributed by atoms with van der Waals surface area (Å²) in [6.07, 6.45) is 4.48. The lowest BCUT2D eigenvalue weighted by molar-refractivity contribution is 0.423. The van der Waals surface area contributed by atoms with Gasteiger partial charge in [0.1, 0.15) is 0 Å². The fourth-order valence-corrected chi connectivity index (χ4v) is 2.93. The normalized spacial score (nSPS) is 20.2. The van der Waals surface area contributed by atoms with Crippen LogP contribution in [0.2, 0.25) is 5.02 Å². The molecular formula is C15H13ClN6. The van der Waals surface area contributed by atoms with Crippen LogP contribution in [-0.4, -0.2) is 25.2 Å². The zero-order valence-electron chi connectivity index (χ0n) is 11.6. The van der Waals surface area contributed by atoms with E-state index in [9.17, 15) is 0 Å². The molecule has 1 aliphatic rings. The Morgan fingerprint density at radius 2 is 2.00 bits per heavy atom. The van der Waals surface area contributed by atoms with Gasteiger partial charge in [-0.3, -0.25) is 4.98 Å². The Bertz CT molecular complexity index is 770. The molecule has 6 nitrogen and oxygen atoms in total. The number of hydrogen-bond donors (Lipinski definition) is 1. The minimum absolute atomic E-state index is 0.0636. The highest BCUT2D eigenvalue weighted by Crippen LogP contribution is 2.36. The van der Waals surface area contributed by atoms with Gasteiger partial charge in [0.2, 0.25) is 5.95 Å². The number of hydrogen-bond acceptors (Lipinski definition) is 5. The Hall–Kier alpha value is -2.47. The molecule has 0 unspecified atom stereocenters. The molecule has 1 aromatic carbocycles. The van der Waals surface area contributed by atoms with Crippen molar-refractivity contribution in [1.29, 1.82) is 0 Å². The van der Waals surface area contributed by atoms with Crippen molar-refractivity contribution in [2.45, 2.75) is 18.5 Å². The number of benzene rings is 1. The average molecular weight is 313 g/mol. The van der Waals surface area contributed by atoms with E-state index in [1.807, 2.05) is 41.2 Å². The maximum atomic E-state index is 5.99. The van der Waals surface area contributed by atoms with Crippen LogP contribution in [0.5, 0.6) is 0 Å². The lowest BCUT2D eigenvalue weighted by Crippen LogP contribution is -2.28. The van der Waals surface area contributed by atoms with E-state index in [0.29, 0.717) is 5.95 Å². The highest BCUT2D eigenvalue weighted by atomic mass is 35.5. The molecule has 0 aliphatic carbocycles. The van der Waals surface area contributed by atoms with E-state index in [2.05, 4.69) is 31.9 Å². The molecule has 0 radical (unpaired) electrons. The summed E-state index contributed by atoms with van der Waals surface area (Å²) < 4.78 is 1.82. The summed E-state index contributed by atoms with van der Waals surface area (Å²) in [5.41, 5.74) is 2.25. The van der Waals surface area contributed by atoms with Gasteiger partial charge in [0, 0.05) is 17.4 Å². The van der Waals surface area contributed by atoms with E-state index in [1.54, 1.807) is 6.20 Å². The van der Waals surface area contributed by atoms with Crippen LogP contribution in [0.4, 0.5) is 5.95 Å². The van der Waals surface area contributed by atoms with Crippen LogP contribution in [0.15, 0.2) is 48.8 Å². The number of nitrogens with zero attached hydrogens (tertiary/aromatic N) is 5. The second-order valence-corrected chi connectivity index (χ2v) is 5.67. The van der Waals surface area contributed by atoms with Gasteiger partial charge in [0.05, 0.1) is 12.1 Å². The fraction of sp³-hybridized carbons (Fsp3) is 0.200. The third kappa shape index (κ3) is 2.31. The minimum Gasteiger partial charge on any atom is -0.346 e. The molecule has 7 heteroatoms. The van der Waals surface area contributed by atoms with Crippen LogP contribution in [0.1, 0.15) is 29.6 Å². The Morgan fingerprint density at radius 1 is 1.14 bits per heavy atom. The maximum absolute atomic E-state index is 5.99. The number of rotatable bonds is 2. The smallest absolute Gasteiger partial charge is 0.243 e. The first-order valence-corrected chi connectivity index (χ1v) is 7.39. The van der Waals surface area contributed by atoms with Crippen molar-refractivity contribution in [1.82, 2.24) is 25.2 Å². The third-order valence-corrected chi connectivity index (χ3v) is 4.14. The number of pyridine rings is 1. The van der Waals surface area contributed by atoms with Gasteiger partial charge in [0.25, 0.3) is 0 Å². The molecule has 22 heavy (non-hydrogen) atoms. The number of fused-ring (bicyclic) bond motifs is 1. The molecule has 0 bridgehead atoms. The van der Waals surface area contributed by atoms with E-state index in [4.69, 9.17) is 11.6 Å². The van der Waals surface area contributed by atoms with Crippen LogP contribution in [0, 0.1) is 0 Å². The molecule has 4 rings (SSSR count). The van der Waals surface area contributed by atoms with Crippen molar-refractivity contribution in [3.05, 3.63) is 64.9 Å². The van der Waals surface area contributed by atoms with Gasteiger partial charge in [-0.1, -0.05) is 34.9 Å². The van der Waals surface area contributed by atoms with Crippen molar-refractivity contribution in [3.63, 3.8) is 0 Å². The molecule has 0 fully saturated rings. The molecule has 0 spiro atoms. The first kappa shape index (κ1) is 13.2. The van der Waals surface area contributed by atoms with Gasteiger partial charge in [-0.25, -0.2) is 4.68 Å². The van der Waals surface area contributed by atoms with Gasteiger partial charge in [0.15, 0.2) is 0 Å². The number of aromatic nitrogens is 5. The molecule has 0 saturated carbocycles. The molecule has 1 aliphatic heterocycles. The van der Waals surface area contributed by atoms with Crippen LogP contribution in [-0.2, 0) is 0 Å². The average Bonchev–Trinajstić information content (AvgIpc) is 3.04. The van der Waals surface area contributed by atoms with Crippen molar-refractivity contribution < 1.29 is 0 Å². The largest absolute Gasteiger partial charge is 0.346 e. The number of nitrogens with one attached hydrogen (secondary N) is 1. The Balaban J connectivity index is 1.73. The number of anilines is 1. The summed E-state index contributed by atoms with van der Waals surface area (Å²) in [6, 6.07) is 12.0. The maximum Gasteiger partial charge on any atom is 0.243 e. The van der Waals surface area contributed by atoms with E-state index in [-0.39, 0.29) is 12.1 Å². The van der Waals surface area contributed by atoms with Gasteiger partial charge in [-0.2, -0.15) is 0 Å². The molecule has 0 saturated heterocycles. The van der Waals surface area contributed by atoms with Gasteiger partial charge < -0.3 is 5.32 Å². The molecule has 1 N–H and O–H groups in total. The predicted octanol–water partition coefficient (Wildman–Crippen LogP) is 2.87. The van der Waals surface area contributed by atoms with Gasteiger partial charge in [-0.15, -0.1) is 0 Å². The first-order valence-electron chi connectivity index (χ1n) is 7.01. The second-order valence-electron chi connectivity index (χ2n) is 5.23. The minimum atomic E-state index is 0.0636. The monoisotopic (exact) mass is 312 g/mol.